The maximum absolute atomic E-state index is 13.1. The molecule has 4 rings (SSSR count). The van der Waals surface area contributed by atoms with Crippen molar-refractivity contribution in [2.24, 2.45) is 0 Å². The SMILES string of the molecule is COc1ccc(-n2ccc(/C=C3/C(=O)NC(=S)N(c4cccc(Br)c4)C3=O)c2)cc1. The number of nitrogens with zero attached hydrogens (tertiary/aromatic N) is 2. The van der Waals surface area contributed by atoms with Gasteiger partial charge < -0.3 is 9.30 Å². The van der Waals surface area contributed by atoms with Crippen molar-refractivity contribution in [3.8, 4) is 11.4 Å². The summed E-state index contributed by atoms with van der Waals surface area (Å²) in [6.07, 6.45) is 5.26. The van der Waals surface area contributed by atoms with Gasteiger partial charge >= 0.3 is 0 Å². The minimum Gasteiger partial charge on any atom is -0.497 e. The lowest BCUT2D eigenvalue weighted by Gasteiger charge is -2.29. The second kappa shape index (κ2) is 8.25. The summed E-state index contributed by atoms with van der Waals surface area (Å²) in [6.45, 7) is 0. The largest absolute Gasteiger partial charge is 0.497 e. The number of rotatable bonds is 4. The molecule has 1 N–H and O–H groups in total. The molecular formula is C22H16BrN3O3S. The number of anilines is 1. The molecule has 8 heteroatoms. The van der Waals surface area contributed by atoms with Gasteiger partial charge in [-0.05, 0) is 72.4 Å². The van der Waals surface area contributed by atoms with Gasteiger partial charge in [-0.1, -0.05) is 22.0 Å². The zero-order chi connectivity index (χ0) is 21.3. The van der Waals surface area contributed by atoms with Crippen LogP contribution in [0.2, 0.25) is 0 Å². The van der Waals surface area contributed by atoms with E-state index in [2.05, 4.69) is 21.2 Å². The van der Waals surface area contributed by atoms with E-state index < -0.39 is 11.8 Å². The molecule has 150 valence electrons. The molecule has 0 saturated carbocycles. The van der Waals surface area contributed by atoms with Crippen molar-refractivity contribution in [3.05, 3.63) is 82.6 Å². The molecule has 0 radical (unpaired) electrons. The maximum Gasteiger partial charge on any atom is 0.270 e. The van der Waals surface area contributed by atoms with Gasteiger partial charge in [-0.3, -0.25) is 19.8 Å². The lowest BCUT2D eigenvalue weighted by molar-refractivity contribution is -0.122. The summed E-state index contributed by atoms with van der Waals surface area (Å²) in [5, 5.41) is 2.64. The van der Waals surface area contributed by atoms with Crippen LogP contribution in [-0.4, -0.2) is 28.6 Å². The molecule has 0 unspecified atom stereocenters. The van der Waals surface area contributed by atoms with E-state index >= 15 is 0 Å². The van der Waals surface area contributed by atoms with Crippen LogP contribution in [0.4, 0.5) is 5.69 Å². The highest BCUT2D eigenvalue weighted by atomic mass is 79.9. The molecule has 3 aromatic rings. The third kappa shape index (κ3) is 3.92. The fourth-order valence-electron chi connectivity index (χ4n) is 3.09. The van der Waals surface area contributed by atoms with Crippen LogP contribution in [0.3, 0.4) is 0 Å². The Bertz CT molecular complexity index is 1180. The highest BCUT2D eigenvalue weighted by molar-refractivity contribution is 9.10. The molecular weight excluding hydrogens is 466 g/mol. The molecule has 6 nitrogen and oxygen atoms in total. The summed E-state index contributed by atoms with van der Waals surface area (Å²) < 4.78 is 7.88. The van der Waals surface area contributed by atoms with Crippen molar-refractivity contribution in [1.82, 2.24) is 9.88 Å². The number of methoxy groups -OCH3 is 1. The van der Waals surface area contributed by atoms with E-state index in [1.807, 2.05) is 53.4 Å². The van der Waals surface area contributed by atoms with Crippen LogP contribution in [0.15, 0.2) is 77.0 Å². The summed E-state index contributed by atoms with van der Waals surface area (Å²) in [7, 11) is 1.62. The topological polar surface area (TPSA) is 63.6 Å². The Hall–Kier alpha value is -3.23. The van der Waals surface area contributed by atoms with Crippen LogP contribution in [0.1, 0.15) is 5.56 Å². The van der Waals surface area contributed by atoms with E-state index in [1.54, 1.807) is 31.4 Å². The molecule has 0 bridgehead atoms. The Morgan fingerprint density at radius 3 is 2.53 bits per heavy atom. The monoisotopic (exact) mass is 481 g/mol. The third-order valence-corrected chi connectivity index (χ3v) is 5.34. The molecule has 1 aliphatic rings. The highest BCUT2D eigenvalue weighted by Gasteiger charge is 2.34. The Kier molecular flexibility index (Phi) is 5.52. The van der Waals surface area contributed by atoms with Crippen LogP contribution in [-0.2, 0) is 9.59 Å². The van der Waals surface area contributed by atoms with Crippen molar-refractivity contribution < 1.29 is 14.3 Å². The van der Waals surface area contributed by atoms with Crippen LogP contribution in [0, 0.1) is 0 Å². The van der Waals surface area contributed by atoms with E-state index in [1.165, 1.54) is 4.90 Å². The first kappa shape index (κ1) is 20.1. The number of aromatic nitrogens is 1. The van der Waals surface area contributed by atoms with Crippen molar-refractivity contribution >= 4 is 56.8 Å². The first-order valence-electron chi connectivity index (χ1n) is 8.96. The van der Waals surface area contributed by atoms with E-state index in [9.17, 15) is 9.59 Å². The molecule has 1 aromatic heterocycles. The molecule has 0 atom stereocenters. The lowest BCUT2D eigenvalue weighted by Crippen LogP contribution is -2.54. The quantitative estimate of drug-likeness (QED) is 0.346. The number of ether oxygens (including phenoxy) is 1. The number of halogens is 1. The van der Waals surface area contributed by atoms with Gasteiger partial charge in [0.1, 0.15) is 11.3 Å². The van der Waals surface area contributed by atoms with Crippen molar-refractivity contribution in [1.29, 1.82) is 0 Å². The third-order valence-electron chi connectivity index (χ3n) is 4.57. The van der Waals surface area contributed by atoms with Gasteiger partial charge in [0.2, 0.25) is 0 Å². The first-order valence-corrected chi connectivity index (χ1v) is 10.2. The standard InChI is InChI=1S/C22H16BrN3O3S/c1-29-18-7-5-16(6-8-18)25-10-9-14(13-25)11-19-20(27)24-22(30)26(21(19)28)17-4-2-3-15(23)12-17/h2-13H,1H3,(H,24,27,30)/b19-11-. The van der Waals surface area contributed by atoms with Gasteiger partial charge in [0.05, 0.1) is 12.8 Å². The molecule has 1 saturated heterocycles. The molecule has 0 aliphatic carbocycles. The fourth-order valence-corrected chi connectivity index (χ4v) is 3.76. The zero-order valence-corrected chi connectivity index (χ0v) is 18.2. The van der Waals surface area contributed by atoms with Crippen molar-refractivity contribution in [3.63, 3.8) is 0 Å². The Balaban J connectivity index is 1.65. The number of hydrogen-bond acceptors (Lipinski definition) is 4. The minimum atomic E-state index is -0.520. The predicted molar refractivity (Wildman–Crippen MR) is 123 cm³/mol. The van der Waals surface area contributed by atoms with Crippen LogP contribution in [0.5, 0.6) is 5.75 Å². The highest BCUT2D eigenvalue weighted by Crippen LogP contribution is 2.25. The van der Waals surface area contributed by atoms with Crippen molar-refractivity contribution in [2.45, 2.75) is 0 Å². The Morgan fingerprint density at radius 2 is 1.83 bits per heavy atom. The van der Waals surface area contributed by atoms with E-state index in [0.717, 1.165) is 15.9 Å². The molecule has 30 heavy (non-hydrogen) atoms. The second-order valence-electron chi connectivity index (χ2n) is 6.49. The van der Waals surface area contributed by atoms with Gasteiger partial charge in [0.15, 0.2) is 5.11 Å². The summed E-state index contributed by atoms with van der Waals surface area (Å²) in [4.78, 5) is 26.9. The number of carbonyl (C=O) groups is 2. The smallest absolute Gasteiger partial charge is 0.270 e. The van der Waals surface area contributed by atoms with Gasteiger partial charge in [-0.25, -0.2) is 0 Å². The van der Waals surface area contributed by atoms with E-state index in [4.69, 9.17) is 17.0 Å². The molecule has 2 heterocycles. The number of carbonyl (C=O) groups excluding carboxylic acids is 2. The minimum absolute atomic E-state index is 0.0102. The summed E-state index contributed by atoms with van der Waals surface area (Å²) in [6, 6.07) is 16.5. The number of hydrogen-bond donors (Lipinski definition) is 1. The van der Waals surface area contributed by atoms with Gasteiger partial charge in [-0.15, -0.1) is 0 Å². The fraction of sp³-hybridized carbons (Fsp3) is 0.0455. The van der Waals surface area contributed by atoms with Gasteiger partial charge in [0, 0.05) is 22.6 Å². The van der Waals surface area contributed by atoms with Crippen LogP contribution < -0.4 is 15.0 Å². The molecule has 0 spiro atoms. The molecule has 2 aromatic carbocycles. The predicted octanol–water partition coefficient (Wildman–Crippen LogP) is 4.08. The second-order valence-corrected chi connectivity index (χ2v) is 7.79. The average Bonchev–Trinajstić information content (AvgIpc) is 3.20. The summed E-state index contributed by atoms with van der Waals surface area (Å²) >= 11 is 8.62. The summed E-state index contributed by atoms with van der Waals surface area (Å²) in [5.41, 5.74) is 2.22. The van der Waals surface area contributed by atoms with E-state index in [0.29, 0.717) is 11.3 Å². The number of benzene rings is 2. The van der Waals surface area contributed by atoms with Gasteiger partial charge in [0.25, 0.3) is 11.8 Å². The first-order chi connectivity index (χ1) is 14.5. The average molecular weight is 482 g/mol. The molecule has 2 amide bonds. The molecule has 1 aliphatic heterocycles. The number of amides is 2. The lowest BCUT2D eigenvalue weighted by atomic mass is 10.1. The Labute approximate surface area is 186 Å². The number of nitrogens with one attached hydrogen (secondary N) is 1. The maximum atomic E-state index is 13.1. The summed E-state index contributed by atoms with van der Waals surface area (Å²) in [5.74, 6) is -0.228. The number of thiocarbonyl (C=S) groups is 1. The zero-order valence-electron chi connectivity index (χ0n) is 15.8. The van der Waals surface area contributed by atoms with Crippen molar-refractivity contribution in [2.75, 3.05) is 12.0 Å². The normalized spacial score (nSPS) is 15.5. The Morgan fingerprint density at radius 1 is 1.07 bits per heavy atom. The molecule has 1 fully saturated rings. The van der Waals surface area contributed by atoms with Crippen LogP contribution >= 0.6 is 28.1 Å². The van der Waals surface area contributed by atoms with E-state index in [-0.39, 0.29) is 10.7 Å². The van der Waals surface area contributed by atoms with Gasteiger partial charge in [-0.2, -0.15) is 0 Å². The van der Waals surface area contributed by atoms with Crippen LogP contribution in [0.25, 0.3) is 11.8 Å².